The Labute approximate surface area is 98.9 Å². The van der Waals surface area contributed by atoms with Gasteiger partial charge < -0.3 is 10.2 Å². The molecule has 0 amide bonds. The van der Waals surface area contributed by atoms with Crippen molar-refractivity contribution in [3.05, 3.63) is 35.4 Å². The topological polar surface area (TPSA) is 40.5 Å². The van der Waals surface area contributed by atoms with E-state index >= 15 is 0 Å². The summed E-state index contributed by atoms with van der Waals surface area (Å²) >= 11 is 0. The zero-order chi connectivity index (χ0) is 12.2. The van der Waals surface area contributed by atoms with Crippen LogP contribution in [0.25, 0.3) is 0 Å². The van der Waals surface area contributed by atoms with Crippen LogP contribution >= 0.6 is 0 Å². The molecule has 0 heterocycles. The summed E-state index contributed by atoms with van der Waals surface area (Å²) in [6.07, 6.45) is 3.54. The zero-order valence-electron chi connectivity index (χ0n) is 10.4. The van der Waals surface area contributed by atoms with Crippen molar-refractivity contribution in [2.24, 2.45) is 0 Å². The molecule has 0 spiro atoms. The Morgan fingerprint density at radius 1 is 0.750 bits per heavy atom. The van der Waals surface area contributed by atoms with E-state index in [0.29, 0.717) is 0 Å². The van der Waals surface area contributed by atoms with Crippen LogP contribution in [0.15, 0.2) is 24.3 Å². The SMILES string of the molecule is CC.OCCCc1ccc(CCCO)cc1. The fraction of sp³-hybridized carbons (Fsp3) is 0.571. The normalized spacial score (nSPS) is 9.50. The average Bonchev–Trinajstić information content (AvgIpc) is 2.37. The molecule has 2 N–H and O–H groups in total. The molecule has 0 aliphatic heterocycles. The minimum absolute atomic E-state index is 0.256. The molecule has 0 unspecified atom stereocenters. The third-order valence-corrected chi connectivity index (χ3v) is 2.27. The highest BCUT2D eigenvalue weighted by molar-refractivity contribution is 5.22. The molecule has 2 heteroatoms. The van der Waals surface area contributed by atoms with Crippen LogP contribution < -0.4 is 0 Å². The maximum Gasteiger partial charge on any atom is 0.0434 e. The number of hydrogen-bond acceptors (Lipinski definition) is 2. The van der Waals surface area contributed by atoms with E-state index in [1.54, 1.807) is 0 Å². The van der Waals surface area contributed by atoms with E-state index < -0.39 is 0 Å². The fourth-order valence-corrected chi connectivity index (χ4v) is 1.44. The molecule has 0 aromatic heterocycles. The van der Waals surface area contributed by atoms with Gasteiger partial charge in [0.25, 0.3) is 0 Å². The lowest BCUT2D eigenvalue weighted by Gasteiger charge is -2.02. The summed E-state index contributed by atoms with van der Waals surface area (Å²) in [7, 11) is 0. The largest absolute Gasteiger partial charge is 0.396 e. The van der Waals surface area contributed by atoms with Gasteiger partial charge in [-0.05, 0) is 36.8 Å². The number of aryl methyl sites for hydroxylation is 2. The molecule has 1 aromatic rings. The van der Waals surface area contributed by atoms with Crippen molar-refractivity contribution in [3.63, 3.8) is 0 Å². The van der Waals surface area contributed by atoms with E-state index in [9.17, 15) is 0 Å². The highest BCUT2D eigenvalue weighted by Crippen LogP contribution is 2.08. The molecule has 0 aliphatic carbocycles. The number of hydrogen-bond donors (Lipinski definition) is 2. The van der Waals surface area contributed by atoms with Crippen molar-refractivity contribution in [2.75, 3.05) is 13.2 Å². The lowest BCUT2D eigenvalue weighted by Crippen LogP contribution is -1.92. The van der Waals surface area contributed by atoms with Crippen LogP contribution in [-0.2, 0) is 12.8 Å². The van der Waals surface area contributed by atoms with Crippen molar-refractivity contribution in [1.29, 1.82) is 0 Å². The summed E-state index contributed by atoms with van der Waals surface area (Å²) in [4.78, 5) is 0. The van der Waals surface area contributed by atoms with Crippen LogP contribution in [-0.4, -0.2) is 23.4 Å². The predicted molar refractivity (Wildman–Crippen MR) is 68.6 cm³/mol. The summed E-state index contributed by atoms with van der Waals surface area (Å²) in [6, 6.07) is 8.40. The number of rotatable bonds is 6. The van der Waals surface area contributed by atoms with Crippen LogP contribution in [0.3, 0.4) is 0 Å². The molecule has 92 valence electrons. The molecule has 16 heavy (non-hydrogen) atoms. The Morgan fingerprint density at radius 2 is 1.06 bits per heavy atom. The van der Waals surface area contributed by atoms with E-state index in [-0.39, 0.29) is 13.2 Å². The Hall–Kier alpha value is -0.860. The first-order valence-corrected chi connectivity index (χ1v) is 6.16. The van der Waals surface area contributed by atoms with E-state index in [4.69, 9.17) is 10.2 Å². The van der Waals surface area contributed by atoms with E-state index in [0.717, 1.165) is 25.7 Å². The minimum atomic E-state index is 0.256. The smallest absolute Gasteiger partial charge is 0.0434 e. The second-order valence-corrected chi connectivity index (χ2v) is 3.47. The molecule has 1 rings (SSSR count). The monoisotopic (exact) mass is 224 g/mol. The highest BCUT2D eigenvalue weighted by Gasteiger charge is 1.94. The average molecular weight is 224 g/mol. The van der Waals surface area contributed by atoms with E-state index in [1.165, 1.54) is 11.1 Å². The molecule has 0 aliphatic rings. The Bertz CT molecular complexity index is 214. The molecule has 1 aromatic carbocycles. The quantitative estimate of drug-likeness (QED) is 0.779. The fourth-order valence-electron chi connectivity index (χ4n) is 1.44. The first kappa shape index (κ1) is 15.1. The molecule has 2 nitrogen and oxygen atoms in total. The van der Waals surface area contributed by atoms with E-state index in [1.807, 2.05) is 13.8 Å². The second kappa shape index (κ2) is 10.7. The van der Waals surface area contributed by atoms with Gasteiger partial charge >= 0.3 is 0 Å². The van der Waals surface area contributed by atoms with Crippen LogP contribution in [0.2, 0.25) is 0 Å². The molecule has 0 fully saturated rings. The number of benzene rings is 1. The van der Waals surface area contributed by atoms with Crippen molar-refractivity contribution < 1.29 is 10.2 Å². The Morgan fingerprint density at radius 3 is 1.31 bits per heavy atom. The van der Waals surface area contributed by atoms with Crippen LogP contribution in [0.5, 0.6) is 0 Å². The first-order valence-electron chi connectivity index (χ1n) is 6.16. The standard InChI is InChI=1S/C12H18O2.C2H6/c13-9-1-3-11-5-7-12(8-6-11)4-2-10-14;1-2/h5-8,13-14H,1-4,9-10H2;1-2H3. The number of aliphatic hydroxyl groups excluding tert-OH is 2. The van der Waals surface area contributed by atoms with Crippen molar-refractivity contribution in [3.8, 4) is 0 Å². The van der Waals surface area contributed by atoms with Crippen LogP contribution in [0.1, 0.15) is 37.8 Å². The molecule has 0 bridgehead atoms. The number of aliphatic hydroxyl groups is 2. The summed E-state index contributed by atoms with van der Waals surface area (Å²) in [5, 5.41) is 17.3. The Kier molecular flexibility index (Phi) is 10.1. The molecular weight excluding hydrogens is 200 g/mol. The van der Waals surface area contributed by atoms with Crippen LogP contribution in [0, 0.1) is 0 Å². The first-order chi connectivity index (χ1) is 7.86. The Balaban J connectivity index is 0.00000106. The van der Waals surface area contributed by atoms with Gasteiger partial charge in [0.1, 0.15) is 0 Å². The van der Waals surface area contributed by atoms with Crippen molar-refractivity contribution in [1.82, 2.24) is 0 Å². The van der Waals surface area contributed by atoms with Gasteiger partial charge in [-0.2, -0.15) is 0 Å². The predicted octanol–water partition coefficient (Wildman–Crippen LogP) is 2.56. The summed E-state index contributed by atoms with van der Waals surface area (Å²) in [5.41, 5.74) is 2.54. The third-order valence-electron chi connectivity index (χ3n) is 2.27. The molecule has 0 atom stereocenters. The van der Waals surface area contributed by atoms with E-state index in [2.05, 4.69) is 24.3 Å². The van der Waals surface area contributed by atoms with Gasteiger partial charge in [-0.1, -0.05) is 38.1 Å². The van der Waals surface area contributed by atoms with Crippen LogP contribution in [0.4, 0.5) is 0 Å². The van der Waals surface area contributed by atoms with Gasteiger partial charge in [-0.3, -0.25) is 0 Å². The minimum Gasteiger partial charge on any atom is -0.396 e. The molecule has 0 radical (unpaired) electrons. The highest BCUT2D eigenvalue weighted by atomic mass is 16.3. The summed E-state index contributed by atoms with van der Waals surface area (Å²) in [6.45, 7) is 4.51. The molecular formula is C14H24O2. The van der Waals surface area contributed by atoms with Gasteiger partial charge in [0.15, 0.2) is 0 Å². The maximum absolute atomic E-state index is 8.67. The van der Waals surface area contributed by atoms with Gasteiger partial charge in [-0.15, -0.1) is 0 Å². The zero-order valence-corrected chi connectivity index (χ0v) is 10.4. The van der Waals surface area contributed by atoms with Crippen molar-refractivity contribution >= 4 is 0 Å². The molecule has 0 saturated carbocycles. The maximum atomic E-state index is 8.67. The van der Waals surface area contributed by atoms with Gasteiger partial charge in [0.05, 0.1) is 0 Å². The lowest BCUT2D eigenvalue weighted by molar-refractivity contribution is 0.288. The summed E-state index contributed by atoms with van der Waals surface area (Å²) < 4.78 is 0. The van der Waals surface area contributed by atoms with Gasteiger partial charge in [-0.25, -0.2) is 0 Å². The third kappa shape index (κ3) is 6.59. The van der Waals surface area contributed by atoms with Gasteiger partial charge in [0.2, 0.25) is 0 Å². The summed E-state index contributed by atoms with van der Waals surface area (Å²) in [5.74, 6) is 0. The van der Waals surface area contributed by atoms with Crippen molar-refractivity contribution in [2.45, 2.75) is 39.5 Å². The van der Waals surface area contributed by atoms with Gasteiger partial charge in [0, 0.05) is 13.2 Å². The lowest BCUT2D eigenvalue weighted by atomic mass is 10.0. The molecule has 0 saturated heterocycles. The second-order valence-electron chi connectivity index (χ2n) is 3.47.